The zero-order valence-electron chi connectivity index (χ0n) is 10.9. The Bertz CT molecular complexity index is 462. The second-order valence-electron chi connectivity index (χ2n) is 3.95. The van der Waals surface area contributed by atoms with Crippen molar-refractivity contribution in [3.05, 3.63) is 16.7 Å². The largest absolute Gasteiger partial charge is 0.503 e. The molecule has 0 saturated carbocycles. The lowest BCUT2D eigenvalue weighted by molar-refractivity contribution is -0.0337. The fourth-order valence-electron chi connectivity index (χ4n) is 1.88. The van der Waals surface area contributed by atoms with E-state index >= 15 is 0 Å². The van der Waals surface area contributed by atoms with Gasteiger partial charge in [-0.15, -0.1) is 0 Å². The van der Waals surface area contributed by atoms with E-state index in [0.29, 0.717) is 13.0 Å². The number of aliphatic hydroxyl groups excluding tert-OH is 1. The molecule has 2 unspecified atom stereocenters. The molecule has 0 aromatic carbocycles. The maximum absolute atomic E-state index is 11.6. The predicted octanol–water partition coefficient (Wildman–Crippen LogP) is -0.536. The first-order valence-electron chi connectivity index (χ1n) is 5.78. The molecule has 1 aliphatic rings. The van der Waals surface area contributed by atoms with Gasteiger partial charge in [0.2, 0.25) is 0 Å². The highest BCUT2D eigenvalue weighted by atomic mass is 16.5. The predicted molar refractivity (Wildman–Crippen MR) is 67.7 cm³/mol. The average molecular weight is 273 g/mol. The van der Waals surface area contributed by atoms with Crippen molar-refractivity contribution in [2.24, 2.45) is 0 Å². The second-order valence-corrected chi connectivity index (χ2v) is 3.95. The van der Waals surface area contributed by atoms with Gasteiger partial charge in [0.05, 0.1) is 18.9 Å². The molecule has 19 heavy (non-hydrogen) atoms. The summed E-state index contributed by atoms with van der Waals surface area (Å²) in [6.07, 6.45) is 2.29. The molecule has 8 heteroatoms. The Morgan fingerprint density at radius 2 is 2.26 bits per heavy atom. The summed E-state index contributed by atoms with van der Waals surface area (Å²) in [4.78, 5) is 15.1. The maximum atomic E-state index is 11.6. The Morgan fingerprint density at radius 1 is 1.58 bits per heavy atom. The van der Waals surface area contributed by atoms with Gasteiger partial charge in [0.25, 0.3) is 0 Å². The molecule has 1 aliphatic heterocycles. The highest BCUT2D eigenvalue weighted by molar-refractivity contribution is 5.41. The molecule has 2 rings (SSSR count). The number of aliphatic hydroxyl groups is 1. The van der Waals surface area contributed by atoms with E-state index in [2.05, 4.69) is 4.98 Å². The number of methoxy groups -OCH3 is 1. The third kappa shape index (κ3) is 3.66. The van der Waals surface area contributed by atoms with E-state index in [1.165, 1.54) is 10.8 Å². The SMILES string of the molecule is CO.COCC1CCC(n2cc(O)c(N)nc2=O)O1. The number of rotatable bonds is 3. The van der Waals surface area contributed by atoms with Gasteiger partial charge < -0.3 is 25.4 Å². The number of nitrogens with zero attached hydrogens (tertiary/aromatic N) is 2. The second kappa shape index (κ2) is 7.07. The van der Waals surface area contributed by atoms with Crippen molar-refractivity contribution in [3.63, 3.8) is 0 Å². The summed E-state index contributed by atoms with van der Waals surface area (Å²) in [5.41, 5.74) is 4.80. The molecule has 0 amide bonds. The van der Waals surface area contributed by atoms with Crippen LogP contribution in [0.25, 0.3) is 0 Å². The number of nitrogens with two attached hydrogens (primary N) is 1. The summed E-state index contributed by atoms with van der Waals surface area (Å²) in [7, 11) is 2.60. The van der Waals surface area contributed by atoms with Gasteiger partial charge in [-0.1, -0.05) is 0 Å². The van der Waals surface area contributed by atoms with Gasteiger partial charge in [-0.05, 0) is 12.8 Å². The molecule has 2 atom stereocenters. The van der Waals surface area contributed by atoms with Gasteiger partial charge in [-0.25, -0.2) is 4.79 Å². The first-order chi connectivity index (χ1) is 9.11. The molecule has 1 aromatic heterocycles. The number of aromatic nitrogens is 2. The number of hydrogen-bond acceptors (Lipinski definition) is 7. The maximum Gasteiger partial charge on any atom is 0.351 e. The highest BCUT2D eigenvalue weighted by Gasteiger charge is 2.27. The standard InChI is InChI=1S/C10H15N3O4.CH4O/c1-16-5-6-2-3-8(17-6)13-4-7(14)9(11)12-10(13)15;1-2/h4,6,8,14H,2-3,5H2,1H3,(H2,11,12,15);2H,1H3. The van der Waals surface area contributed by atoms with Crippen LogP contribution in [0.1, 0.15) is 19.1 Å². The third-order valence-electron chi connectivity index (χ3n) is 2.71. The molecular formula is C11H19N3O5. The van der Waals surface area contributed by atoms with Crippen LogP contribution in [-0.4, -0.2) is 46.7 Å². The van der Waals surface area contributed by atoms with Crippen molar-refractivity contribution in [1.29, 1.82) is 0 Å². The smallest absolute Gasteiger partial charge is 0.351 e. The van der Waals surface area contributed by atoms with E-state index in [-0.39, 0.29) is 17.7 Å². The fraction of sp³-hybridized carbons (Fsp3) is 0.636. The lowest BCUT2D eigenvalue weighted by Gasteiger charge is -2.15. The molecule has 0 bridgehead atoms. The average Bonchev–Trinajstić information content (AvgIpc) is 2.85. The van der Waals surface area contributed by atoms with Crippen LogP contribution in [0, 0.1) is 0 Å². The molecule has 2 heterocycles. The Balaban J connectivity index is 0.000000861. The van der Waals surface area contributed by atoms with E-state index in [0.717, 1.165) is 13.5 Å². The van der Waals surface area contributed by atoms with Crippen LogP contribution in [0.2, 0.25) is 0 Å². The zero-order chi connectivity index (χ0) is 14.4. The van der Waals surface area contributed by atoms with Gasteiger partial charge in [-0.3, -0.25) is 4.57 Å². The van der Waals surface area contributed by atoms with Crippen LogP contribution in [-0.2, 0) is 9.47 Å². The van der Waals surface area contributed by atoms with Crippen LogP contribution in [0.4, 0.5) is 5.82 Å². The topological polar surface area (TPSA) is 120 Å². The first kappa shape index (κ1) is 15.4. The Labute approximate surface area is 110 Å². The fourth-order valence-corrected chi connectivity index (χ4v) is 1.88. The van der Waals surface area contributed by atoms with Crippen molar-refractivity contribution in [1.82, 2.24) is 9.55 Å². The Morgan fingerprint density at radius 3 is 2.89 bits per heavy atom. The number of anilines is 1. The Kier molecular flexibility index (Phi) is 5.74. The molecule has 1 saturated heterocycles. The van der Waals surface area contributed by atoms with E-state index in [1.807, 2.05) is 0 Å². The lowest BCUT2D eigenvalue weighted by Crippen LogP contribution is -2.28. The van der Waals surface area contributed by atoms with Gasteiger partial charge in [0.1, 0.15) is 6.23 Å². The molecule has 0 radical (unpaired) electrons. The van der Waals surface area contributed by atoms with E-state index in [4.69, 9.17) is 20.3 Å². The van der Waals surface area contributed by atoms with Crippen molar-refractivity contribution in [3.8, 4) is 5.75 Å². The monoisotopic (exact) mass is 273 g/mol. The number of nitrogen functional groups attached to an aromatic ring is 1. The summed E-state index contributed by atoms with van der Waals surface area (Å²) < 4.78 is 11.8. The summed E-state index contributed by atoms with van der Waals surface area (Å²) in [5, 5.41) is 16.4. The van der Waals surface area contributed by atoms with Crippen LogP contribution < -0.4 is 11.4 Å². The van der Waals surface area contributed by atoms with Crippen LogP contribution in [0.5, 0.6) is 5.75 Å². The number of ether oxygens (including phenoxy) is 2. The molecule has 0 aliphatic carbocycles. The molecule has 4 N–H and O–H groups in total. The molecule has 8 nitrogen and oxygen atoms in total. The van der Waals surface area contributed by atoms with E-state index in [9.17, 15) is 9.90 Å². The molecule has 1 fully saturated rings. The quantitative estimate of drug-likeness (QED) is 0.676. The normalized spacial score (nSPS) is 21.8. The minimum absolute atomic E-state index is 0.0309. The minimum Gasteiger partial charge on any atom is -0.503 e. The highest BCUT2D eigenvalue weighted by Crippen LogP contribution is 2.28. The third-order valence-corrected chi connectivity index (χ3v) is 2.71. The molecular weight excluding hydrogens is 254 g/mol. The molecule has 1 aromatic rings. The lowest BCUT2D eigenvalue weighted by atomic mass is 10.2. The number of aromatic hydroxyl groups is 1. The zero-order valence-corrected chi connectivity index (χ0v) is 10.9. The summed E-state index contributed by atoms with van der Waals surface area (Å²) in [6, 6.07) is 0. The Hall–Kier alpha value is -1.64. The summed E-state index contributed by atoms with van der Waals surface area (Å²) >= 11 is 0. The first-order valence-corrected chi connectivity index (χ1v) is 5.78. The van der Waals surface area contributed by atoms with Gasteiger partial charge in [0, 0.05) is 14.2 Å². The molecule has 0 spiro atoms. The van der Waals surface area contributed by atoms with Crippen LogP contribution in [0.3, 0.4) is 0 Å². The minimum atomic E-state index is -0.525. The number of hydrogen-bond donors (Lipinski definition) is 3. The van der Waals surface area contributed by atoms with E-state index in [1.54, 1.807) is 7.11 Å². The van der Waals surface area contributed by atoms with Crippen molar-refractivity contribution in [2.75, 3.05) is 26.6 Å². The molecule has 108 valence electrons. The van der Waals surface area contributed by atoms with Crippen LogP contribution >= 0.6 is 0 Å². The van der Waals surface area contributed by atoms with Gasteiger partial charge in [-0.2, -0.15) is 4.98 Å². The summed E-state index contributed by atoms with van der Waals surface area (Å²) in [5.74, 6) is -0.388. The van der Waals surface area contributed by atoms with Crippen LogP contribution in [0.15, 0.2) is 11.0 Å². The summed E-state index contributed by atoms with van der Waals surface area (Å²) in [6.45, 7) is 0.486. The van der Waals surface area contributed by atoms with E-state index < -0.39 is 11.9 Å². The van der Waals surface area contributed by atoms with Crippen molar-refractivity contribution in [2.45, 2.75) is 25.2 Å². The van der Waals surface area contributed by atoms with Crippen molar-refractivity contribution >= 4 is 5.82 Å². The van der Waals surface area contributed by atoms with Gasteiger partial charge >= 0.3 is 5.69 Å². The van der Waals surface area contributed by atoms with Crippen molar-refractivity contribution < 1.29 is 19.7 Å². The van der Waals surface area contributed by atoms with Gasteiger partial charge in [0.15, 0.2) is 11.6 Å².